The lowest BCUT2D eigenvalue weighted by Crippen LogP contribution is -2.48. The SMILES string of the molecule is NCC1CN(C(=O)c2cc(I)ccc2Br)CCO1. The molecule has 1 aromatic carbocycles. The Kier molecular flexibility index (Phi) is 4.99. The first-order valence-electron chi connectivity index (χ1n) is 5.68. The summed E-state index contributed by atoms with van der Waals surface area (Å²) in [4.78, 5) is 14.2. The Balaban J connectivity index is 2.17. The van der Waals surface area contributed by atoms with Crippen LogP contribution >= 0.6 is 38.5 Å². The van der Waals surface area contributed by atoms with E-state index in [0.717, 1.165) is 8.04 Å². The number of carbonyl (C=O) groups is 1. The third-order valence-electron chi connectivity index (χ3n) is 2.85. The van der Waals surface area contributed by atoms with Crippen LogP contribution in [0.5, 0.6) is 0 Å². The van der Waals surface area contributed by atoms with Crippen LogP contribution in [0.2, 0.25) is 0 Å². The average molecular weight is 425 g/mol. The van der Waals surface area contributed by atoms with E-state index in [-0.39, 0.29) is 12.0 Å². The molecule has 1 heterocycles. The first kappa shape index (κ1) is 14.2. The molecule has 1 aliphatic heterocycles. The number of hydrogen-bond acceptors (Lipinski definition) is 3. The van der Waals surface area contributed by atoms with Crippen molar-refractivity contribution in [2.75, 3.05) is 26.2 Å². The Hall–Kier alpha value is -0.180. The molecule has 1 aromatic rings. The maximum absolute atomic E-state index is 12.4. The highest BCUT2D eigenvalue weighted by Gasteiger charge is 2.25. The molecule has 0 aromatic heterocycles. The minimum absolute atomic E-state index is 0.0298. The lowest BCUT2D eigenvalue weighted by atomic mass is 10.1. The Bertz CT molecular complexity index is 456. The Morgan fingerprint density at radius 2 is 2.39 bits per heavy atom. The van der Waals surface area contributed by atoms with Crippen molar-refractivity contribution in [3.05, 3.63) is 31.8 Å². The smallest absolute Gasteiger partial charge is 0.255 e. The molecule has 18 heavy (non-hydrogen) atoms. The molecule has 2 N–H and O–H groups in total. The van der Waals surface area contributed by atoms with Gasteiger partial charge in [-0.25, -0.2) is 0 Å². The molecule has 1 amide bonds. The maximum Gasteiger partial charge on any atom is 0.255 e. The molecule has 1 fully saturated rings. The van der Waals surface area contributed by atoms with Crippen LogP contribution in [0.1, 0.15) is 10.4 Å². The Morgan fingerprint density at radius 3 is 3.11 bits per heavy atom. The number of hydrogen-bond donors (Lipinski definition) is 1. The molecule has 0 bridgehead atoms. The van der Waals surface area contributed by atoms with E-state index >= 15 is 0 Å². The molecule has 1 atom stereocenters. The van der Waals surface area contributed by atoms with E-state index in [1.54, 1.807) is 4.90 Å². The molecule has 1 unspecified atom stereocenters. The van der Waals surface area contributed by atoms with Crippen LogP contribution in [0.4, 0.5) is 0 Å². The number of ether oxygens (including phenoxy) is 1. The fraction of sp³-hybridized carbons (Fsp3) is 0.417. The van der Waals surface area contributed by atoms with E-state index < -0.39 is 0 Å². The second kappa shape index (κ2) is 6.31. The van der Waals surface area contributed by atoms with Crippen LogP contribution in [0, 0.1) is 3.57 Å². The summed E-state index contributed by atoms with van der Waals surface area (Å²) in [7, 11) is 0. The number of benzene rings is 1. The summed E-state index contributed by atoms with van der Waals surface area (Å²) in [6.45, 7) is 2.17. The van der Waals surface area contributed by atoms with E-state index in [1.807, 2.05) is 18.2 Å². The maximum atomic E-state index is 12.4. The van der Waals surface area contributed by atoms with Gasteiger partial charge in [-0.3, -0.25) is 4.79 Å². The highest BCUT2D eigenvalue weighted by atomic mass is 127. The molecule has 1 aliphatic rings. The minimum Gasteiger partial charge on any atom is -0.373 e. The molecule has 0 saturated carbocycles. The third-order valence-corrected chi connectivity index (χ3v) is 4.21. The zero-order valence-corrected chi connectivity index (χ0v) is 13.5. The number of morpholine rings is 1. The highest BCUT2D eigenvalue weighted by molar-refractivity contribution is 14.1. The third kappa shape index (κ3) is 3.23. The second-order valence-electron chi connectivity index (χ2n) is 4.10. The van der Waals surface area contributed by atoms with Gasteiger partial charge >= 0.3 is 0 Å². The van der Waals surface area contributed by atoms with Gasteiger partial charge in [0.2, 0.25) is 0 Å². The minimum atomic E-state index is -0.0516. The Labute approximate surface area is 128 Å². The first-order chi connectivity index (χ1) is 8.61. The topological polar surface area (TPSA) is 55.6 Å². The summed E-state index contributed by atoms with van der Waals surface area (Å²) in [5, 5.41) is 0. The van der Waals surface area contributed by atoms with E-state index in [9.17, 15) is 4.79 Å². The predicted molar refractivity (Wildman–Crippen MR) is 81.6 cm³/mol. The average Bonchev–Trinajstić information content (AvgIpc) is 2.41. The number of rotatable bonds is 2. The highest BCUT2D eigenvalue weighted by Crippen LogP contribution is 2.22. The lowest BCUT2D eigenvalue weighted by Gasteiger charge is -2.32. The summed E-state index contributed by atoms with van der Waals surface area (Å²) < 4.78 is 7.33. The summed E-state index contributed by atoms with van der Waals surface area (Å²) in [5.74, 6) is 0.0298. The Morgan fingerprint density at radius 1 is 1.61 bits per heavy atom. The second-order valence-corrected chi connectivity index (χ2v) is 6.20. The van der Waals surface area contributed by atoms with Crippen molar-refractivity contribution >= 4 is 44.4 Å². The predicted octanol–water partition coefficient (Wildman–Crippen LogP) is 1.85. The van der Waals surface area contributed by atoms with Crippen LogP contribution in [0.15, 0.2) is 22.7 Å². The van der Waals surface area contributed by atoms with Gasteiger partial charge in [0, 0.05) is 27.7 Å². The molecule has 4 nitrogen and oxygen atoms in total. The number of halogens is 2. The van der Waals surface area contributed by atoms with E-state index in [4.69, 9.17) is 10.5 Å². The fourth-order valence-electron chi connectivity index (χ4n) is 1.88. The summed E-state index contributed by atoms with van der Waals surface area (Å²) in [5.41, 5.74) is 6.28. The monoisotopic (exact) mass is 424 g/mol. The van der Waals surface area contributed by atoms with Crippen molar-refractivity contribution in [3.63, 3.8) is 0 Å². The number of nitrogens with two attached hydrogens (primary N) is 1. The van der Waals surface area contributed by atoms with Crippen LogP contribution in [0.3, 0.4) is 0 Å². The van der Waals surface area contributed by atoms with Crippen molar-refractivity contribution in [1.29, 1.82) is 0 Å². The molecule has 0 radical (unpaired) electrons. The van der Waals surface area contributed by atoms with Crippen molar-refractivity contribution in [1.82, 2.24) is 4.90 Å². The number of amides is 1. The molecule has 2 rings (SSSR count). The number of carbonyl (C=O) groups excluding carboxylic acids is 1. The standard InChI is InChI=1S/C12H14BrIN2O2/c13-11-2-1-8(14)5-10(11)12(17)16-3-4-18-9(6-15)7-16/h1-2,5,9H,3-4,6-7,15H2. The van der Waals surface area contributed by atoms with E-state index in [2.05, 4.69) is 38.5 Å². The van der Waals surface area contributed by atoms with Gasteiger partial charge in [0.15, 0.2) is 0 Å². The van der Waals surface area contributed by atoms with Gasteiger partial charge in [-0.05, 0) is 56.7 Å². The first-order valence-corrected chi connectivity index (χ1v) is 7.55. The van der Waals surface area contributed by atoms with Gasteiger partial charge in [-0.15, -0.1) is 0 Å². The van der Waals surface area contributed by atoms with Crippen molar-refractivity contribution < 1.29 is 9.53 Å². The summed E-state index contributed by atoms with van der Waals surface area (Å²) in [6, 6.07) is 5.75. The molecule has 6 heteroatoms. The van der Waals surface area contributed by atoms with Gasteiger partial charge < -0.3 is 15.4 Å². The normalized spacial score (nSPS) is 19.9. The molecular weight excluding hydrogens is 411 g/mol. The van der Waals surface area contributed by atoms with Crippen molar-refractivity contribution in [2.45, 2.75) is 6.10 Å². The lowest BCUT2D eigenvalue weighted by molar-refractivity contribution is -0.0167. The van der Waals surface area contributed by atoms with E-state index in [0.29, 0.717) is 31.8 Å². The quantitative estimate of drug-likeness (QED) is 0.737. The van der Waals surface area contributed by atoms with Gasteiger partial charge in [0.1, 0.15) is 0 Å². The molecule has 0 aliphatic carbocycles. The van der Waals surface area contributed by atoms with Crippen LogP contribution < -0.4 is 5.73 Å². The molecule has 1 saturated heterocycles. The fourth-order valence-corrected chi connectivity index (χ4v) is 2.79. The van der Waals surface area contributed by atoms with Crippen LogP contribution in [-0.2, 0) is 4.74 Å². The van der Waals surface area contributed by atoms with Crippen LogP contribution in [-0.4, -0.2) is 43.2 Å². The summed E-state index contributed by atoms with van der Waals surface area (Å²) in [6.07, 6.45) is -0.0516. The summed E-state index contributed by atoms with van der Waals surface area (Å²) >= 11 is 5.62. The van der Waals surface area contributed by atoms with Gasteiger partial charge in [0.05, 0.1) is 18.3 Å². The molecule has 98 valence electrons. The molecule has 0 spiro atoms. The zero-order valence-electron chi connectivity index (χ0n) is 9.73. The van der Waals surface area contributed by atoms with Gasteiger partial charge in [0.25, 0.3) is 5.91 Å². The van der Waals surface area contributed by atoms with Crippen molar-refractivity contribution in [3.8, 4) is 0 Å². The van der Waals surface area contributed by atoms with E-state index in [1.165, 1.54) is 0 Å². The van der Waals surface area contributed by atoms with Crippen molar-refractivity contribution in [2.24, 2.45) is 5.73 Å². The largest absolute Gasteiger partial charge is 0.373 e. The van der Waals surface area contributed by atoms with Gasteiger partial charge in [-0.1, -0.05) is 0 Å². The molecular formula is C12H14BrIN2O2. The van der Waals surface area contributed by atoms with Gasteiger partial charge in [-0.2, -0.15) is 0 Å². The number of nitrogens with zero attached hydrogens (tertiary/aromatic N) is 1. The van der Waals surface area contributed by atoms with Crippen LogP contribution in [0.25, 0.3) is 0 Å². The zero-order chi connectivity index (χ0) is 13.1.